The minimum absolute atomic E-state index is 0.212. The molecule has 4 nitrogen and oxygen atoms in total. The fourth-order valence-electron chi connectivity index (χ4n) is 1.17. The highest BCUT2D eigenvalue weighted by Crippen LogP contribution is 2.29. The minimum Gasteiger partial charge on any atom is -0.353 e. The molecule has 1 heterocycles. The van der Waals surface area contributed by atoms with Crippen LogP contribution in [0.3, 0.4) is 0 Å². The van der Waals surface area contributed by atoms with Gasteiger partial charge in [-0.15, -0.1) is 10.2 Å². The van der Waals surface area contributed by atoms with E-state index in [-0.39, 0.29) is 5.41 Å². The topological polar surface area (TPSA) is 52.8 Å². The van der Waals surface area contributed by atoms with Crippen LogP contribution >= 0.6 is 23.1 Å². The normalized spacial score (nSPS) is 11.2. The second-order valence-electron chi connectivity index (χ2n) is 4.69. The van der Waals surface area contributed by atoms with Crippen LogP contribution < -0.4 is 4.90 Å². The molecule has 0 amide bonds. The number of aromatic nitrogens is 2. The van der Waals surface area contributed by atoms with Gasteiger partial charge in [-0.1, -0.05) is 23.1 Å². The van der Waals surface area contributed by atoms with Crippen molar-refractivity contribution < 1.29 is 0 Å². The van der Waals surface area contributed by atoms with E-state index in [1.165, 1.54) is 0 Å². The molecule has 0 aliphatic rings. The number of anilines is 1. The van der Waals surface area contributed by atoms with Crippen LogP contribution in [0.1, 0.15) is 26.7 Å². The van der Waals surface area contributed by atoms with Crippen molar-refractivity contribution in [1.82, 2.24) is 10.2 Å². The molecule has 6 heteroatoms. The summed E-state index contributed by atoms with van der Waals surface area (Å²) < 4.78 is 1.00. The van der Waals surface area contributed by atoms with Gasteiger partial charge in [-0.3, -0.25) is 0 Å². The van der Waals surface area contributed by atoms with Gasteiger partial charge in [0.15, 0.2) is 4.34 Å². The standard InChI is InChI=1S/C11H18N4S2/c1-11(2,8-12)6-5-7-16-10-14-13-9(17-10)15(3)4/h5-7H2,1-4H3. The third-order valence-electron chi connectivity index (χ3n) is 2.25. The van der Waals surface area contributed by atoms with Crippen molar-refractivity contribution in [3.8, 4) is 6.07 Å². The number of thioether (sulfide) groups is 1. The van der Waals surface area contributed by atoms with Crippen molar-refractivity contribution in [3.05, 3.63) is 0 Å². The lowest BCUT2D eigenvalue weighted by Crippen LogP contribution is -2.07. The molecule has 0 spiro atoms. The molecule has 0 aromatic carbocycles. The second kappa shape index (κ2) is 6.22. The zero-order valence-corrected chi connectivity index (χ0v) is 12.4. The van der Waals surface area contributed by atoms with Gasteiger partial charge in [-0.2, -0.15) is 5.26 Å². The summed E-state index contributed by atoms with van der Waals surface area (Å²) in [6, 6.07) is 2.32. The summed E-state index contributed by atoms with van der Waals surface area (Å²) in [5, 5.41) is 18.0. The van der Waals surface area contributed by atoms with E-state index in [9.17, 15) is 0 Å². The van der Waals surface area contributed by atoms with E-state index in [1.54, 1.807) is 23.1 Å². The van der Waals surface area contributed by atoms with Crippen LogP contribution in [0.25, 0.3) is 0 Å². The Morgan fingerprint density at radius 3 is 2.65 bits per heavy atom. The third kappa shape index (κ3) is 4.92. The molecule has 0 fully saturated rings. The van der Waals surface area contributed by atoms with Crippen LogP contribution in [-0.2, 0) is 0 Å². The minimum atomic E-state index is -0.212. The van der Waals surface area contributed by atoms with Crippen molar-refractivity contribution in [1.29, 1.82) is 5.26 Å². The molecule has 1 aromatic rings. The van der Waals surface area contributed by atoms with Crippen molar-refractivity contribution in [2.24, 2.45) is 5.41 Å². The molecule has 0 atom stereocenters. The van der Waals surface area contributed by atoms with Crippen LogP contribution in [-0.4, -0.2) is 30.0 Å². The van der Waals surface area contributed by atoms with Gasteiger partial charge in [0.2, 0.25) is 5.13 Å². The largest absolute Gasteiger partial charge is 0.353 e. The number of hydrogen-bond donors (Lipinski definition) is 0. The molecule has 0 N–H and O–H groups in total. The van der Waals surface area contributed by atoms with Gasteiger partial charge >= 0.3 is 0 Å². The van der Waals surface area contributed by atoms with Crippen molar-refractivity contribution in [3.63, 3.8) is 0 Å². The zero-order valence-electron chi connectivity index (χ0n) is 10.7. The van der Waals surface area contributed by atoms with Crippen LogP contribution in [0, 0.1) is 16.7 Å². The Kier molecular flexibility index (Phi) is 5.22. The third-order valence-corrected chi connectivity index (χ3v) is 4.56. The van der Waals surface area contributed by atoms with E-state index >= 15 is 0 Å². The van der Waals surface area contributed by atoms with Gasteiger partial charge < -0.3 is 4.90 Å². The van der Waals surface area contributed by atoms with Gasteiger partial charge in [-0.05, 0) is 26.7 Å². The Morgan fingerprint density at radius 2 is 2.12 bits per heavy atom. The molecule has 94 valence electrons. The molecular formula is C11H18N4S2. The molecule has 0 aliphatic heterocycles. The Hall–Kier alpha value is -0.800. The maximum atomic E-state index is 8.89. The molecular weight excluding hydrogens is 252 g/mol. The van der Waals surface area contributed by atoms with Gasteiger partial charge in [0, 0.05) is 19.8 Å². The molecule has 0 saturated carbocycles. The molecule has 0 aliphatic carbocycles. The van der Waals surface area contributed by atoms with Crippen LogP contribution in [0.2, 0.25) is 0 Å². The summed E-state index contributed by atoms with van der Waals surface area (Å²) in [7, 11) is 3.93. The zero-order chi connectivity index (χ0) is 12.9. The van der Waals surface area contributed by atoms with Crippen molar-refractivity contribution in [2.75, 3.05) is 24.7 Å². The lowest BCUT2D eigenvalue weighted by atomic mass is 9.90. The highest BCUT2D eigenvalue weighted by Gasteiger charge is 2.15. The van der Waals surface area contributed by atoms with Crippen molar-refractivity contribution >= 4 is 28.2 Å². The van der Waals surface area contributed by atoms with E-state index in [1.807, 2.05) is 32.8 Å². The monoisotopic (exact) mass is 270 g/mol. The summed E-state index contributed by atoms with van der Waals surface area (Å²) in [6.07, 6.45) is 1.96. The van der Waals surface area contributed by atoms with E-state index < -0.39 is 0 Å². The van der Waals surface area contributed by atoms with Crippen LogP contribution in [0.15, 0.2) is 4.34 Å². The van der Waals surface area contributed by atoms with E-state index in [2.05, 4.69) is 16.3 Å². The quantitative estimate of drug-likeness (QED) is 0.587. The summed E-state index contributed by atoms with van der Waals surface area (Å²) in [6.45, 7) is 3.96. The smallest absolute Gasteiger partial charge is 0.208 e. The highest BCUT2D eigenvalue weighted by molar-refractivity contribution is 8.01. The number of hydrogen-bond acceptors (Lipinski definition) is 6. The molecule has 17 heavy (non-hydrogen) atoms. The summed E-state index contributed by atoms with van der Waals surface area (Å²) in [5.41, 5.74) is -0.212. The summed E-state index contributed by atoms with van der Waals surface area (Å²) in [4.78, 5) is 1.96. The summed E-state index contributed by atoms with van der Waals surface area (Å²) in [5.74, 6) is 0.993. The highest BCUT2D eigenvalue weighted by atomic mass is 32.2. The Balaban J connectivity index is 2.29. The summed E-state index contributed by atoms with van der Waals surface area (Å²) >= 11 is 3.32. The number of rotatable bonds is 6. The maximum absolute atomic E-state index is 8.89. The fourth-order valence-corrected chi connectivity index (χ4v) is 2.94. The molecule has 0 saturated heterocycles. The van der Waals surface area contributed by atoms with Gasteiger partial charge in [0.25, 0.3) is 0 Å². The Labute approximate surface area is 111 Å². The van der Waals surface area contributed by atoms with E-state index in [4.69, 9.17) is 5.26 Å². The van der Waals surface area contributed by atoms with E-state index in [0.717, 1.165) is 28.1 Å². The average Bonchev–Trinajstić information content (AvgIpc) is 2.73. The number of nitriles is 1. The first kappa shape index (κ1) is 14.3. The Bertz CT molecular complexity index is 392. The molecule has 1 aromatic heterocycles. The SMILES string of the molecule is CN(C)c1nnc(SCCCC(C)(C)C#N)s1. The van der Waals surface area contributed by atoms with Gasteiger partial charge in [0.05, 0.1) is 11.5 Å². The van der Waals surface area contributed by atoms with Crippen molar-refractivity contribution in [2.45, 2.75) is 31.0 Å². The lowest BCUT2D eigenvalue weighted by Gasteiger charge is -2.13. The Morgan fingerprint density at radius 1 is 1.41 bits per heavy atom. The fraction of sp³-hybridized carbons (Fsp3) is 0.727. The van der Waals surface area contributed by atoms with Gasteiger partial charge in [-0.25, -0.2) is 0 Å². The lowest BCUT2D eigenvalue weighted by molar-refractivity contribution is 0.448. The first-order chi connectivity index (χ1) is 7.94. The number of nitrogens with zero attached hydrogens (tertiary/aromatic N) is 4. The predicted molar refractivity (Wildman–Crippen MR) is 73.6 cm³/mol. The predicted octanol–water partition coefficient (Wildman–Crippen LogP) is 3.03. The van der Waals surface area contributed by atoms with E-state index in [0.29, 0.717) is 0 Å². The first-order valence-electron chi connectivity index (χ1n) is 5.49. The molecule has 0 unspecified atom stereocenters. The maximum Gasteiger partial charge on any atom is 0.208 e. The van der Waals surface area contributed by atoms with Crippen LogP contribution in [0.4, 0.5) is 5.13 Å². The molecule has 0 radical (unpaired) electrons. The first-order valence-corrected chi connectivity index (χ1v) is 7.30. The second-order valence-corrected chi connectivity index (χ2v) is 6.99. The molecule has 0 bridgehead atoms. The van der Waals surface area contributed by atoms with Crippen LogP contribution in [0.5, 0.6) is 0 Å². The van der Waals surface area contributed by atoms with Gasteiger partial charge in [0.1, 0.15) is 0 Å². The molecule has 1 rings (SSSR count). The average molecular weight is 270 g/mol.